The monoisotopic (exact) mass is 424 g/mol. The molecule has 0 aliphatic heterocycles. The molecule has 0 bridgehead atoms. The zero-order valence-corrected chi connectivity index (χ0v) is 13.5. The van der Waals surface area contributed by atoms with E-state index >= 15 is 0 Å². The average Bonchev–Trinajstić information content (AvgIpc) is 2.75. The first-order valence-corrected chi connectivity index (χ1v) is 7.62. The van der Waals surface area contributed by atoms with Crippen LogP contribution in [0.25, 0.3) is 0 Å². The second-order valence-corrected chi connectivity index (χ2v) is 7.13. The zero-order valence-electron chi connectivity index (χ0n) is 8.98. The molecule has 2 nitrogen and oxygen atoms in total. The van der Waals surface area contributed by atoms with E-state index in [0.717, 1.165) is 21.3 Å². The summed E-state index contributed by atoms with van der Waals surface area (Å²) in [5.41, 5.74) is 1.77. The first kappa shape index (κ1) is 13.3. The van der Waals surface area contributed by atoms with Gasteiger partial charge in [-0.3, -0.25) is 0 Å². The standard InChI is InChI=1S/C12H10BrIO2S/c1-16-8-2-3-9(10(13)5-8)12(15)7-4-11(14)17-6-7/h2-6,12,15H,1H3. The van der Waals surface area contributed by atoms with E-state index in [4.69, 9.17) is 4.74 Å². The van der Waals surface area contributed by atoms with Crippen molar-refractivity contribution in [2.75, 3.05) is 7.11 Å². The van der Waals surface area contributed by atoms with Crippen molar-refractivity contribution in [2.24, 2.45) is 0 Å². The van der Waals surface area contributed by atoms with E-state index in [1.165, 1.54) is 2.88 Å². The van der Waals surface area contributed by atoms with Crippen LogP contribution in [0.3, 0.4) is 0 Å². The molecule has 0 amide bonds. The quantitative estimate of drug-likeness (QED) is 0.748. The van der Waals surface area contributed by atoms with Gasteiger partial charge < -0.3 is 9.84 Å². The Bertz CT molecular complexity index is 527. The van der Waals surface area contributed by atoms with E-state index in [1.807, 2.05) is 29.6 Å². The lowest BCUT2D eigenvalue weighted by atomic mass is 10.0. The molecule has 1 aromatic carbocycles. The van der Waals surface area contributed by atoms with Gasteiger partial charge in [-0.05, 0) is 57.3 Å². The molecule has 1 N–H and O–H groups in total. The van der Waals surface area contributed by atoms with Gasteiger partial charge in [-0.15, -0.1) is 11.3 Å². The molecule has 1 aromatic heterocycles. The van der Waals surface area contributed by atoms with Gasteiger partial charge in [0.25, 0.3) is 0 Å². The average molecular weight is 425 g/mol. The maximum atomic E-state index is 10.3. The lowest BCUT2D eigenvalue weighted by molar-refractivity contribution is 0.220. The van der Waals surface area contributed by atoms with Crippen molar-refractivity contribution < 1.29 is 9.84 Å². The summed E-state index contributed by atoms with van der Waals surface area (Å²) in [5.74, 6) is 0.771. The lowest BCUT2D eigenvalue weighted by Gasteiger charge is -2.12. The van der Waals surface area contributed by atoms with Crippen LogP contribution in [-0.2, 0) is 0 Å². The van der Waals surface area contributed by atoms with Gasteiger partial charge in [0, 0.05) is 4.47 Å². The van der Waals surface area contributed by atoms with Crippen LogP contribution in [0.1, 0.15) is 17.2 Å². The van der Waals surface area contributed by atoms with Crippen LogP contribution in [-0.4, -0.2) is 12.2 Å². The number of ether oxygens (including phenoxy) is 1. The number of hydrogen-bond acceptors (Lipinski definition) is 3. The second-order valence-electron chi connectivity index (χ2n) is 3.47. The largest absolute Gasteiger partial charge is 0.497 e. The van der Waals surface area contributed by atoms with E-state index in [1.54, 1.807) is 18.4 Å². The molecule has 2 rings (SSSR count). The third-order valence-electron chi connectivity index (χ3n) is 2.41. The summed E-state index contributed by atoms with van der Waals surface area (Å²) in [6.07, 6.45) is -0.602. The van der Waals surface area contributed by atoms with Crippen molar-refractivity contribution in [2.45, 2.75) is 6.10 Å². The van der Waals surface area contributed by atoms with Gasteiger partial charge in [0.15, 0.2) is 0 Å². The van der Waals surface area contributed by atoms with Crippen LogP contribution in [0.4, 0.5) is 0 Å². The highest BCUT2D eigenvalue weighted by Gasteiger charge is 2.15. The molecule has 90 valence electrons. The molecular weight excluding hydrogens is 415 g/mol. The van der Waals surface area contributed by atoms with E-state index in [9.17, 15) is 5.11 Å². The first-order valence-electron chi connectivity index (χ1n) is 4.87. The highest BCUT2D eigenvalue weighted by Crippen LogP contribution is 2.33. The summed E-state index contributed by atoms with van der Waals surface area (Å²) in [7, 11) is 1.62. The smallest absolute Gasteiger partial charge is 0.120 e. The van der Waals surface area contributed by atoms with Crippen molar-refractivity contribution in [3.8, 4) is 5.75 Å². The molecular formula is C12H10BrIO2S. The number of benzene rings is 1. The summed E-state index contributed by atoms with van der Waals surface area (Å²) >= 11 is 7.33. The predicted octanol–water partition coefficient (Wildman–Crippen LogP) is 4.21. The normalized spacial score (nSPS) is 12.5. The molecule has 1 unspecified atom stereocenters. The van der Waals surface area contributed by atoms with Crippen molar-refractivity contribution in [1.82, 2.24) is 0 Å². The number of rotatable bonds is 3. The number of thiophene rings is 1. The van der Waals surface area contributed by atoms with Crippen LogP contribution < -0.4 is 4.74 Å². The molecule has 0 saturated heterocycles. The van der Waals surface area contributed by atoms with Crippen LogP contribution in [0.2, 0.25) is 0 Å². The van der Waals surface area contributed by atoms with Crippen LogP contribution in [0, 0.1) is 2.88 Å². The highest BCUT2D eigenvalue weighted by atomic mass is 127. The minimum absolute atomic E-state index is 0.602. The Morgan fingerprint density at radius 3 is 2.71 bits per heavy atom. The number of aliphatic hydroxyl groups excluding tert-OH is 1. The Balaban J connectivity index is 2.34. The molecule has 0 spiro atoms. The maximum Gasteiger partial charge on any atom is 0.120 e. The SMILES string of the molecule is COc1ccc(C(O)c2csc(I)c2)c(Br)c1. The third-order valence-corrected chi connectivity index (χ3v) is 4.90. The van der Waals surface area contributed by atoms with Crippen molar-refractivity contribution in [1.29, 1.82) is 0 Å². The molecule has 0 fully saturated rings. The second kappa shape index (κ2) is 5.69. The molecule has 0 aliphatic carbocycles. The van der Waals surface area contributed by atoms with Gasteiger partial charge in [-0.1, -0.05) is 22.0 Å². The summed E-state index contributed by atoms with van der Waals surface area (Å²) in [6, 6.07) is 7.57. The van der Waals surface area contributed by atoms with E-state index in [2.05, 4.69) is 38.5 Å². The molecule has 17 heavy (non-hydrogen) atoms. The van der Waals surface area contributed by atoms with Gasteiger partial charge >= 0.3 is 0 Å². The Labute approximate surface area is 126 Å². The number of aliphatic hydroxyl groups is 1. The van der Waals surface area contributed by atoms with Crippen LogP contribution >= 0.6 is 49.9 Å². The summed E-state index contributed by atoms with van der Waals surface area (Å²) < 4.78 is 7.15. The molecule has 0 radical (unpaired) electrons. The van der Waals surface area contributed by atoms with Gasteiger partial charge in [0.2, 0.25) is 0 Å². The Kier molecular flexibility index (Phi) is 4.46. The summed E-state index contributed by atoms with van der Waals surface area (Å²) in [4.78, 5) is 0. The Morgan fingerprint density at radius 1 is 1.41 bits per heavy atom. The third kappa shape index (κ3) is 3.01. The van der Waals surface area contributed by atoms with Crippen molar-refractivity contribution >= 4 is 49.9 Å². The highest BCUT2D eigenvalue weighted by molar-refractivity contribution is 14.1. The van der Waals surface area contributed by atoms with Gasteiger partial charge in [-0.2, -0.15) is 0 Å². The van der Waals surface area contributed by atoms with Crippen molar-refractivity contribution in [3.63, 3.8) is 0 Å². The van der Waals surface area contributed by atoms with E-state index in [-0.39, 0.29) is 0 Å². The molecule has 1 heterocycles. The van der Waals surface area contributed by atoms with Crippen LogP contribution in [0.5, 0.6) is 5.75 Å². The topological polar surface area (TPSA) is 29.5 Å². The first-order chi connectivity index (χ1) is 8.11. The molecule has 2 aromatic rings. The van der Waals surface area contributed by atoms with Gasteiger partial charge in [-0.25, -0.2) is 0 Å². The fourth-order valence-corrected chi connectivity index (χ4v) is 3.47. The maximum absolute atomic E-state index is 10.3. The zero-order chi connectivity index (χ0) is 12.4. The number of hydrogen-bond donors (Lipinski definition) is 1. The Morgan fingerprint density at radius 2 is 2.18 bits per heavy atom. The van der Waals surface area contributed by atoms with Crippen LogP contribution in [0.15, 0.2) is 34.1 Å². The molecule has 0 saturated carbocycles. The van der Waals surface area contributed by atoms with E-state index < -0.39 is 6.10 Å². The molecule has 1 atom stereocenters. The minimum atomic E-state index is -0.602. The molecule has 5 heteroatoms. The van der Waals surface area contributed by atoms with Gasteiger partial charge in [0.05, 0.1) is 9.99 Å². The summed E-state index contributed by atoms with van der Waals surface area (Å²) in [6.45, 7) is 0. The molecule has 0 aliphatic rings. The van der Waals surface area contributed by atoms with E-state index in [0.29, 0.717) is 0 Å². The minimum Gasteiger partial charge on any atom is -0.497 e. The Hall–Kier alpha value is -0.110. The number of methoxy groups -OCH3 is 1. The fraction of sp³-hybridized carbons (Fsp3) is 0.167. The summed E-state index contributed by atoms with van der Waals surface area (Å²) in [5, 5.41) is 12.3. The van der Waals surface area contributed by atoms with Gasteiger partial charge in [0.1, 0.15) is 11.9 Å². The predicted molar refractivity (Wildman–Crippen MR) is 81.8 cm³/mol. The van der Waals surface area contributed by atoms with Crippen molar-refractivity contribution in [3.05, 3.63) is 48.1 Å². The fourth-order valence-electron chi connectivity index (χ4n) is 1.50. The number of halogens is 2. The lowest BCUT2D eigenvalue weighted by Crippen LogP contribution is -1.99.